The Morgan fingerprint density at radius 2 is 2.24 bits per heavy atom. The van der Waals surface area contributed by atoms with Crippen LogP contribution in [-0.4, -0.2) is 30.8 Å². The average molecular weight is 234 g/mol. The molecule has 2 atom stereocenters. The summed E-state index contributed by atoms with van der Waals surface area (Å²) in [6.45, 7) is 7.40. The number of benzene rings is 1. The van der Waals surface area contributed by atoms with Gasteiger partial charge in [0.05, 0.1) is 0 Å². The fraction of sp³-hybridized carbons (Fsp3) is 0.571. The van der Waals surface area contributed by atoms with Crippen LogP contribution < -0.4 is 10.2 Å². The van der Waals surface area contributed by atoms with Crippen LogP contribution in [0.5, 0.6) is 0 Å². The number of hydrogen-bond donors (Lipinski definition) is 2. The maximum absolute atomic E-state index is 9.21. The summed E-state index contributed by atoms with van der Waals surface area (Å²) in [6, 6.07) is 9.01. The van der Waals surface area contributed by atoms with E-state index >= 15 is 0 Å². The number of aliphatic hydroxyl groups is 1. The smallest absolute Gasteiger partial charge is 0.0473 e. The van der Waals surface area contributed by atoms with E-state index in [1.807, 2.05) is 0 Å². The molecule has 3 heteroatoms. The second-order valence-corrected chi connectivity index (χ2v) is 5.10. The minimum absolute atomic E-state index is 0.250. The summed E-state index contributed by atoms with van der Waals surface area (Å²) < 4.78 is 0. The topological polar surface area (TPSA) is 35.5 Å². The van der Waals surface area contributed by atoms with Gasteiger partial charge in [0, 0.05) is 38.0 Å². The molecular formula is C14H22N2O. The summed E-state index contributed by atoms with van der Waals surface area (Å²) in [7, 11) is 0. The molecule has 0 aromatic heterocycles. The SMILES string of the molecule is CC(CO)CN1CC(C)NCc2ccccc21. The number of aliphatic hydroxyl groups excluding tert-OH is 1. The van der Waals surface area contributed by atoms with Crippen molar-refractivity contribution in [1.29, 1.82) is 0 Å². The molecule has 0 saturated heterocycles. The maximum Gasteiger partial charge on any atom is 0.0473 e. The monoisotopic (exact) mass is 234 g/mol. The van der Waals surface area contributed by atoms with Crippen LogP contribution in [0, 0.1) is 5.92 Å². The molecule has 0 radical (unpaired) electrons. The highest BCUT2D eigenvalue weighted by Gasteiger charge is 2.19. The molecular weight excluding hydrogens is 212 g/mol. The van der Waals surface area contributed by atoms with Crippen LogP contribution >= 0.6 is 0 Å². The molecule has 1 aliphatic rings. The van der Waals surface area contributed by atoms with Crippen LogP contribution in [0.1, 0.15) is 19.4 Å². The van der Waals surface area contributed by atoms with E-state index in [1.54, 1.807) is 0 Å². The molecule has 17 heavy (non-hydrogen) atoms. The second kappa shape index (κ2) is 5.52. The van der Waals surface area contributed by atoms with Crippen molar-refractivity contribution >= 4 is 5.69 Å². The number of para-hydroxylation sites is 1. The van der Waals surface area contributed by atoms with Crippen molar-refractivity contribution in [3.8, 4) is 0 Å². The Morgan fingerprint density at radius 3 is 3.00 bits per heavy atom. The van der Waals surface area contributed by atoms with E-state index in [9.17, 15) is 5.11 Å². The Kier molecular flexibility index (Phi) is 4.02. The molecule has 0 aliphatic carbocycles. The number of fused-ring (bicyclic) bond motifs is 1. The molecule has 0 amide bonds. The molecule has 1 heterocycles. The molecule has 94 valence electrons. The van der Waals surface area contributed by atoms with Gasteiger partial charge >= 0.3 is 0 Å². The lowest BCUT2D eigenvalue weighted by Gasteiger charge is -2.28. The lowest BCUT2D eigenvalue weighted by molar-refractivity contribution is 0.239. The van der Waals surface area contributed by atoms with Crippen molar-refractivity contribution in [1.82, 2.24) is 5.32 Å². The Balaban J connectivity index is 2.22. The zero-order valence-electron chi connectivity index (χ0n) is 10.7. The predicted octanol–water partition coefficient (Wildman–Crippen LogP) is 1.61. The Hall–Kier alpha value is -1.06. The largest absolute Gasteiger partial charge is 0.396 e. The van der Waals surface area contributed by atoms with Crippen molar-refractivity contribution in [2.45, 2.75) is 26.4 Å². The fourth-order valence-electron chi connectivity index (χ4n) is 2.35. The highest BCUT2D eigenvalue weighted by molar-refractivity contribution is 5.54. The summed E-state index contributed by atoms with van der Waals surface area (Å²) in [5, 5.41) is 12.7. The quantitative estimate of drug-likeness (QED) is 0.834. The van der Waals surface area contributed by atoms with Gasteiger partial charge < -0.3 is 15.3 Å². The Morgan fingerprint density at radius 1 is 1.47 bits per heavy atom. The molecule has 2 N–H and O–H groups in total. The Bertz CT molecular complexity index is 367. The number of rotatable bonds is 3. The van der Waals surface area contributed by atoms with Crippen LogP contribution in [-0.2, 0) is 6.54 Å². The summed E-state index contributed by atoms with van der Waals surface area (Å²) in [5.74, 6) is 0.313. The molecule has 0 fully saturated rings. The van der Waals surface area contributed by atoms with Crippen molar-refractivity contribution in [3.63, 3.8) is 0 Å². The van der Waals surface area contributed by atoms with Crippen LogP contribution in [0.25, 0.3) is 0 Å². The van der Waals surface area contributed by atoms with Gasteiger partial charge in [-0.25, -0.2) is 0 Å². The predicted molar refractivity (Wildman–Crippen MR) is 71.2 cm³/mol. The van der Waals surface area contributed by atoms with Crippen LogP contribution in [0.15, 0.2) is 24.3 Å². The molecule has 1 aromatic carbocycles. The number of nitrogens with zero attached hydrogens (tertiary/aromatic N) is 1. The molecule has 2 rings (SSSR count). The van der Waals surface area contributed by atoms with E-state index in [1.165, 1.54) is 11.3 Å². The van der Waals surface area contributed by atoms with E-state index < -0.39 is 0 Å². The third kappa shape index (κ3) is 2.99. The van der Waals surface area contributed by atoms with Crippen molar-refractivity contribution in [2.24, 2.45) is 5.92 Å². The van der Waals surface area contributed by atoms with Crippen LogP contribution in [0.2, 0.25) is 0 Å². The lowest BCUT2D eigenvalue weighted by Crippen LogP contribution is -2.38. The van der Waals surface area contributed by atoms with Gasteiger partial charge in [0.15, 0.2) is 0 Å². The first-order valence-corrected chi connectivity index (χ1v) is 6.37. The zero-order chi connectivity index (χ0) is 12.3. The average Bonchev–Trinajstić information content (AvgIpc) is 2.50. The summed E-state index contributed by atoms with van der Waals surface area (Å²) >= 11 is 0. The molecule has 0 saturated carbocycles. The van der Waals surface area contributed by atoms with Crippen molar-refractivity contribution < 1.29 is 5.11 Å². The summed E-state index contributed by atoms with van der Waals surface area (Å²) in [6.07, 6.45) is 0. The zero-order valence-corrected chi connectivity index (χ0v) is 10.7. The first-order valence-electron chi connectivity index (χ1n) is 6.37. The third-order valence-electron chi connectivity index (χ3n) is 3.31. The number of anilines is 1. The van der Waals surface area contributed by atoms with Gasteiger partial charge in [0.1, 0.15) is 0 Å². The van der Waals surface area contributed by atoms with Gasteiger partial charge in [-0.15, -0.1) is 0 Å². The van der Waals surface area contributed by atoms with E-state index in [4.69, 9.17) is 0 Å². The van der Waals surface area contributed by atoms with Crippen LogP contribution in [0.3, 0.4) is 0 Å². The molecule has 1 aliphatic heterocycles. The molecule has 1 aromatic rings. The Labute approximate surface area is 103 Å². The van der Waals surface area contributed by atoms with E-state index in [2.05, 4.69) is 48.3 Å². The maximum atomic E-state index is 9.21. The van der Waals surface area contributed by atoms with Crippen LogP contribution in [0.4, 0.5) is 5.69 Å². The minimum atomic E-state index is 0.250. The van der Waals surface area contributed by atoms with Crippen molar-refractivity contribution in [2.75, 3.05) is 24.6 Å². The standard InChI is InChI=1S/C14H22N2O/c1-11(10-17)8-16-9-12(2)15-7-13-5-3-4-6-14(13)16/h3-6,11-12,15,17H,7-10H2,1-2H3. The highest BCUT2D eigenvalue weighted by Crippen LogP contribution is 2.24. The normalized spacial score (nSPS) is 21.8. The molecule has 0 spiro atoms. The molecule has 3 nitrogen and oxygen atoms in total. The first kappa shape index (κ1) is 12.4. The lowest BCUT2D eigenvalue weighted by atomic mass is 10.1. The number of hydrogen-bond acceptors (Lipinski definition) is 3. The van der Waals surface area contributed by atoms with Gasteiger partial charge in [-0.1, -0.05) is 25.1 Å². The van der Waals surface area contributed by atoms with Crippen molar-refractivity contribution in [3.05, 3.63) is 29.8 Å². The first-order chi connectivity index (χ1) is 8.20. The van der Waals surface area contributed by atoms with Gasteiger partial charge in [-0.05, 0) is 24.5 Å². The second-order valence-electron chi connectivity index (χ2n) is 5.10. The fourth-order valence-corrected chi connectivity index (χ4v) is 2.35. The number of nitrogens with one attached hydrogen (secondary N) is 1. The highest BCUT2D eigenvalue weighted by atomic mass is 16.3. The summed E-state index contributed by atoms with van der Waals surface area (Å²) in [4.78, 5) is 2.39. The minimum Gasteiger partial charge on any atom is -0.396 e. The van der Waals surface area contributed by atoms with E-state index in [0.29, 0.717) is 12.0 Å². The van der Waals surface area contributed by atoms with Gasteiger partial charge in [-0.2, -0.15) is 0 Å². The van der Waals surface area contributed by atoms with Gasteiger partial charge in [0.25, 0.3) is 0 Å². The molecule has 2 unspecified atom stereocenters. The third-order valence-corrected chi connectivity index (χ3v) is 3.31. The van der Waals surface area contributed by atoms with E-state index in [-0.39, 0.29) is 6.61 Å². The summed E-state index contributed by atoms with van der Waals surface area (Å²) in [5.41, 5.74) is 2.66. The van der Waals surface area contributed by atoms with E-state index in [0.717, 1.165) is 19.6 Å². The van der Waals surface area contributed by atoms with Gasteiger partial charge in [0.2, 0.25) is 0 Å². The molecule has 0 bridgehead atoms. The van der Waals surface area contributed by atoms with Gasteiger partial charge in [-0.3, -0.25) is 0 Å².